The van der Waals surface area contributed by atoms with Crippen LogP contribution >= 0.6 is 0 Å². The van der Waals surface area contributed by atoms with Crippen LogP contribution < -0.4 is 26.8 Å². The molecule has 0 unspecified atom stereocenters. The Morgan fingerprint density at radius 2 is 1.82 bits per heavy atom. The van der Waals surface area contributed by atoms with Gasteiger partial charge in [-0.1, -0.05) is 0 Å². The van der Waals surface area contributed by atoms with Crippen LogP contribution in [0.25, 0.3) is 0 Å². The molecule has 1 saturated heterocycles. The summed E-state index contributed by atoms with van der Waals surface area (Å²) >= 11 is 0. The Labute approximate surface area is 190 Å². The Bertz CT molecular complexity index is 1220. The van der Waals surface area contributed by atoms with Crippen molar-refractivity contribution < 1.29 is 9.59 Å². The predicted octanol–water partition coefficient (Wildman–Crippen LogP) is 1.60. The first-order valence-electron chi connectivity index (χ1n) is 11.6. The van der Waals surface area contributed by atoms with E-state index in [1.807, 2.05) is 6.92 Å². The molecule has 10 nitrogen and oxygen atoms in total. The van der Waals surface area contributed by atoms with Gasteiger partial charge in [0.2, 0.25) is 5.91 Å². The van der Waals surface area contributed by atoms with Crippen LogP contribution in [0.15, 0.2) is 23.3 Å². The molecule has 2 amide bonds. The standard InChI is InChI=1S/C23H27N7O3/c1-13-8-15(27-16-9-17(26-12-25-16)28-19(31)14-2-3-14)21(33)30-18(13)20(32)29-23(30)6-4-22(5-7-23)10-24-11-22/h8-9,12,14,24H,2-7,10-11H2,1H3,(H,29,32)(H2,25,26,27,28,31). The minimum absolute atomic E-state index is 0.0450. The van der Waals surface area contributed by atoms with Gasteiger partial charge >= 0.3 is 0 Å². The Kier molecular flexibility index (Phi) is 4.39. The summed E-state index contributed by atoms with van der Waals surface area (Å²) in [5, 5.41) is 12.4. The van der Waals surface area contributed by atoms with Crippen molar-refractivity contribution in [3.05, 3.63) is 40.1 Å². The van der Waals surface area contributed by atoms with Gasteiger partial charge in [-0.3, -0.25) is 19.0 Å². The van der Waals surface area contributed by atoms with Crippen molar-refractivity contribution in [2.75, 3.05) is 23.7 Å². The molecule has 0 atom stereocenters. The average molecular weight is 450 g/mol. The lowest BCUT2D eigenvalue weighted by molar-refractivity contribution is -0.117. The summed E-state index contributed by atoms with van der Waals surface area (Å²) in [4.78, 5) is 46.9. The van der Waals surface area contributed by atoms with Gasteiger partial charge in [0, 0.05) is 25.1 Å². The minimum Gasteiger partial charge on any atom is -0.336 e. The molecule has 2 spiro atoms. The quantitative estimate of drug-likeness (QED) is 0.558. The molecule has 0 aromatic carbocycles. The first kappa shape index (κ1) is 20.3. The lowest BCUT2D eigenvalue weighted by atomic mass is 9.66. The van der Waals surface area contributed by atoms with E-state index in [0.29, 0.717) is 28.4 Å². The number of rotatable bonds is 4. The first-order valence-corrected chi connectivity index (χ1v) is 11.6. The third-order valence-electron chi connectivity index (χ3n) is 7.65. The molecule has 2 aromatic heterocycles. The molecule has 0 bridgehead atoms. The van der Waals surface area contributed by atoms with E-state index >= 15 is 0 Å². The fraction of sp³-hybridized carbons (Fsp3) is 0.522. The SMILES string of the molecule is Cc1cc(Nc2cc(NC(=O)C3CC3)ncn2)c(=O)n2c1C(=O)NC21CCC2(CC1)CNC2. The molecule has 10 heteroatoms. The topological polar surface area (TPSA) is 130 Å². The highest BCUT2D eigenvalue weighted by atomic mass is 16.2. The highest BCUT2D eigenvalue weighted by molar-refractivity contribution is 5.97. The van der Waals surface area contributed by atoms with Crippen LogP contribution in [0.2, 0.25) is 0 Å². The zero-order chi connectivity index (χ0) is 22.8. The number of nitrogens with one attached hydrogen (secondary N) is 4. The van der Waals surface area contributed by atoms with Crippen LogP contribution in [-0.4, -0.2) is 39.4 Å². The third-order valence-corrected chi connectivity index (χ3v) is 7.65. The van der Waals surface area contributed by atoms with E-state index in [-0.39, 0.29) is 23.3 Å². The monoisotopic (exact) mass is 449 g/mol. The zero-order valence-electron chi connectivity index (χ0n) is 18.5. The molecule has 172 valence electrons. The van der Waals surface area contributed by atoms with Gasteiger partial charge in [0.05, 0.1) is 0 Å². The van der Waals surface area contributed by atoms with Gasteiger partial charge < -0.3 is 21.3 Å². The number of amides is 2. The van der Waals surface area contributed by atoms with Crippen LogP contribution in [0.5, 0.6) is 0 Å². The van der Waals surface area contributed by atoms with Crippen molar-refractivity contribution in [1.82, 2.24) is 25.2 Å². The fourth-order valence-electron chi connectivity index (χ4n) is 5.43. The summed E-state index contributed by atoms with van der Waals surface area (Å²) in [6.07, 6.45) is 6.57. The maximum absolute atomic E-state index is 13.6. The highest BCUT2D eigenvalue weighted by Crippen LogP contribution is 2.47. The molecular weight excluding hydrogens is 422 g/mol. The molecule has 2 aliphatic heterocycles. The second-order valence-electron chi connectivity index (χ2n) is 10.00. The number of pyridine rings is 1. The Hall–Kier alpha value is -3.27. The lowest BCUT2D eigenvalue weighted by Crippen LogP contribution is -2.60. The van der Waals surface area contributed by atoms with E-state index in [4.69, 9.17) is 0 Å². The summed E-state index contributed by atoms with van der Waals surface area (Å²) < 4.78 is 1.67. The normalized spacial score (nSPS) is 21.9. The van der Waals surface area contributed by atoms with Crippen LogP contribution in [0.4, 0.5) is 17.3 Å². The van der Waals surface area contributed by atoms with Crippen LogP contribution in [0.1, 0.15) is 54.6 Å². The Balaban J connectivity index is 1.31. The van der Waals surface area contributed by atoms with Crippen molar-refractivity contribution in [2.24, 2.45) is 11.3 Å². The maximum atomic E-state index is 13.6. The smallest absolute Gasteiger partial charge is 0.276 e. The van der Waals surface area contributed by atoms with Gasteiger partial charge in [0.1, 0.15) is 35.0 Å². The highest BCUT2D eigenvalue weighted by Gasteiger charge is 2.51. The van der Waals surface area contributed by atoms with E-state index in [0.717, 1.165) is 57.2 Å². The molecule has 6 rings (SSSR count). The third kappa shape index (κ3) is 3.31. The van der Waals surface area contributed by atoms with Gasteiger partial charge in [-0.2, -0.15) is 0 Å². The van der Waals surface area contributed by atoms with Crippen molar-refractivity contribution >= 4 is 29.1 Å². The second-order valence-corrected chi connectivity index (χ2v) is 10.00. The predicted molar refractivity (Wildman–Crippen MR) is 121 cm³/mol. The molecule has 4 heterocycles. The zero-order valence-corrected chi connectivity index (χ0v) is 18.5. The van der Waals surface area contributed by atoms with Crippen molar-refractivity contribution in [1.29, 1.82) is 0 Å². The van der Waals surface area contributed by atoms with E-state index in [9.17, 15) is 14.4 Å². The lowest BCUT2D eigenvalue weighted by Gasteiger charge is -2.50. The molecule has 33 heavy (non-hydrogen) atoms. The second kappa shape index (κ2) is 7.11. The largest absolute Gasteiger partial charge is 0.336 e. The summed E-state index contributed by atoms with van der Waals surface area (Å²) in [6.45, 7) is 3.86. The van der Waals surface area contributed by atoms with Gasteiger partial charge in [-0.25, -0.2) is 9.97 Å². The number of nitrogens with zero attached hydrogens (tertiary/aromatic N) is 3. The summed E-state index contributed by atoms with van der Waals surface area (Å²) in [7, 11) is 0. The van der Waals surface area contributed by atoms with E-state index < -0.39 is 5.66 Å². The maximum Gasteiger partial charge on any atom is 0.276 e. The summed E-state index contributed by atoms with van der Waals surface area (Å²) in [5.41, 5.74) is 0.883. The number of hydrogen-bond donors (Lipinski definition) is 4. The molecule has 2 aliphatic carbocycles. The molecule has 4 aliphatic rings. The summed E-state index contributed by atoms with van der Waals surface area (Å²) in [5.74, 6) is 0.624. The number of hydrogen-bond acceptors (Lipinski definition) is 7. The minimum atomic E-state index is -0.679. The number of aromatic nitrogens is 3. The van der Waals surface area contributed by atoms with Gasteiger partial charge in [-0.15, -0.1) is 0 Å². The molecule has 3 fully saturated rings. The van der Waals surface area contributed by atoms with Gasteiger partial charge in [0.15, 0.2) is 0 Å². The fourth-order valence-corrected chi connectivity index (χ4v) is 5.43. The molecule has 2 aromatic rings. The molecular formula is C23H27N7O3. The van der Waals surface area contributed by atoms with Crippen LogP contribution in [0, 0.1) is 18.3 Å². The summed E-state index contributed by atoms with van der Waals surface area (Å²) in [6, 6.07) is 3.30. The van der Waals surface area contributed by atoms with E-state index in [1.54, 1.807) is 16.7 Å². The Morgan fingerprint density at radius 3 is 2.48 bits per heavy atom. The number of carbonyl (C=O) groups excluding carboxylic acids is 2. The number of anilines is 3. The van der Waals surface area contributed by atoms with Crippen LogP contribution in [0.3, 0.4) is 0 Å². The average Bonchev–Trinajstić information content (AvgIpc) is 3.57. The van der Waals surface area contributed by atoms with Gasteiger partial charge in [-0.05, 0) is 62.5 Å². The molecule has 4 N–H and O–H groups in total. The number of carbonyl (C=O) groups is 2. The van der Waals surface area contributed by atoms with Crippen molar-refractivity contribution in [2.45, 2.75) is 51.1 Å². The van der Waals surface area contributed by atoms with Crippen molar-refractivity contribution in [3.63, 3.8) is 0 Å². The first-order chi connectivity index (χ1) is 15.9. The van der Waals surface area contributed by atoms with Crippen LogP contribution in [-0.2, 0) is 10.5 Å². The Morgan fingerprint density at radius 1 is 1.09 bits per heavy atom. The van der Waals surface area contributed by atoms with E-state index in [2.05, 4.69) is 31.2 Å². The van der Waals surface area contributed by atoms with E-state index in [1.165, 1.54) is 6.33 Å². The van der Waals surface area contributed by atoms with Crippen molar-refractivity contribution in [3.8, 4) is 0 Å². The van der Waals surface area contributed by atoms with Gasteiger partial charge in [0.25, 0.3) is 11.5 Å². The number of aryl methyl sites for hydroxylation is 1. The molecule has 0 radical (unpaired) electrons. The number of fused-ring (bicyclic) bond motifs is 2. The molecule has 2 saturated carbocycles.